The Morgan fingerprint density at radius 1 is 0.829 bits per heavy atom. The summed E-state index contributed by atoms with van der Waals surface area (Å²) in [5.74, 6) is 0.933. The molecule has 6 nitrogen and oxygen atoms in total. The van der Waals surface area contributed by atoms with Crippen molar-refractivity contribution < 1.29 is 18.7 Å². The monoisotopic (exact) mass is 609 g/mol. The highest BCUT2D eigenvalue weighted by Gasteiger charge is 2.42. The first kappa shape index (κ1) is 26.8. The Hall–Kier alpha value is -4.36. The smallest absolute Gasteiger partial charge is 0.290 e. The molecular weight excluding hydrogens is 582 g/mol. The van der Waals surface area contributed by atoms with Crippen LogP contribution in [0, 0.1) is 0 Å². The molecule has 2 heterocycles. The molecule has 0 radical (unpaired) electrons. The van der Waals surface area contributed by atoms with E-state index in [0.29, 0.717) is 54.2 Å². The third-order valence-electron chi connectivity index (χ3n) is 7.23. The fourth-order valence-corrected chi connectivity index (χ4v) is 5.64. The first-order valence-corrected chi connectivity index (χ1v) is 14.4. The van der Waals surface area contributed by atoms with Crippen LogP contribution in [0.15, 0.2) is 111 Å². The maximum Gasteiger partial charge on any atom is 0.290 e. The van der Waals surface area contributed by atoms with Crippen LogP contribution in [-0.2, 0) is 13.0 Å². The summed E-state index contributed by atoms with van der Waals surface area (Å²) >= 11 is 3.46. The minimum Gasteiger partial charge on any atom is -0.490 e. The van der Waals surface area contributed by atoms with Gasteiger partial charge in [-0.15, -0.1) is 0 Å². The molecule has 0 saturated heterocycles. The maximum atomic E-state index is 13.9. The average molecular weight is 611 g/mol. The largest absolute Gasteiger partial charge is 0.490 e. The molecule has 1 aliphatic heterocycles. The van der Waals surface area contributed by atoms with E-state index in [-0.39, 0.29) is 17.1 Å². The van der Waals surface area contributed by atoms with Gasteiger partial charge in [-0.3, -0.25) is 9.59 Å². The lowest BCUT2D eigenvalue weighted by Crippen LogP contribution is -2.31. The lowest BCUT2D eigenvalue weighted by molar-refractivity contribution is 0.0729. The van der Waals surface area contributed by atoms with Gasteiger partial charge in [0.1, 0.15) is 12.2 Å². The van der Waals surface area contributed by atoms with Gasteiger partial charge in [0, 0.05) is 11.0 Å². The van der Waals surface area contributed by atoms with Gasteiger partial charge >= 0.3 is 0 Å². The van der Waals surface area contributed by atoms with Crippen LogP contribution in [0.4, 0.5) is 0 Å². The number of ether oxygens (including phenoxy) is 2. The van der Waals surface area contributed by atoms with Gasteiger partial charge in [0.15, 0.2) is 16.9 Å². The van der Waals surface area contributed by atoms with Gasteiger partial charge in [0.05, 0.1) is 23.6 Å². The van der Waals surface area contributed by atoms with Crippen LogP contribution in [0.5, 0.6) is 11.5 Å². The second kappa shape index (κ2) is 11.6. The first-order valence-electron chi connectivity index (χ1n) is 13.6. The van der Waals surface area contributed by atoms with E-state index in [4.69, 9.17) is 13.9 Å². The molecule has 1 unspecified atom stereocenters. The van der Waals surface area contributed by atoms with Crippen LogP contribution in [0.1, 0.15) is 45.8 Å². The van der Waals surface area contributed by atoms with Crippen molar-refractivity contribution in [3.63, 3.8) is 0 Å². The third-order valence-corrected chi connectivity index (χ3v) is 7.73. The molecule has 0 aliphatic carbocycles. The van der Waals surface area contributed by atoms with Crippen molar-refractivity contribution in [2.45, 2.75) is 26.0 Å². The van der Waals surface area contributed by atoms with E-state index in [2.05, 4.69) is 15.9 Å². The van der Waals surface area contributed by atoms with Crippen molar-refractivity contribution in [1.82, 2.24) is 4.90 Å². The summed E-state index contributed by atoms with van der Waals surface area (Å²) in [6.07, 6.45) is 0.632. The minimum absolute atomic E-state index is 0.0882. The number of hydrogen-bond acceptors (Lipinski definition) is 5. The predicted octanol–water partition coefficient (Wildman–Crippen LogP) is 7.32. The molecule has 0 N–H and O–H groups in total. The van der Waals surface area contributed by atoms with Crippen molar-refractivity contribution >= 4 is 32.8 Å². The zero-order chi connectivity index (χ0) is 28.3. The van der Waals surface area contributed by atoms with E-state index in [1.807, 2.05) is 85.8 Å². The van der Waals surface area contributed by atoms with E-state index in [9.17, 15) is 9.59 Å². The second-order valence-corrected chi connectivity index (χ2v) is 10.8. The van der Waals surface area contributed by atoms with Crippen molar-refractivity contribution in [1.29, 1.82) is 0 Å². The number of nitrogens with zero attached hydrogens (tertiary/aromatic N) is 1. The fourth-order valence-electron chi connectivity index (χ4n) is 5.28. The van der Waals surface area contributed by atoms with E-state index in [0.717, 1.165) is 21.2 Å². The normalized spacial score (nSPS) is 14.3. The summed E-state index contributed by atoms with van der Waals surface area (Å²) in [6.45, 7) is 3.14. The fraction of sp³-hybridized carbons (Fsp3) is 0.176. The molecule has 6 rings (SSSR count). The Balaban J connectivity index is 1.43. The number of halogens is 1. The number of benzene rings is 4. The minimum atomic E-state index is -0.636. The number of fused-ring (bicyclic) bond motifs is 2. The Morgan fingerprint density at radius 2 is 1.56 bits per heavy atom. The molecule has 41 heavy (non-hydrogen) atoms. The molecule has 0 fully saturated rings. The van der Waals surface area contributed by atoms with Gasteiger partial charge in [0.25, 0.3) is 5.91 Å². The van der Waals surface area contributed by atoms with Crippen LogP contribution in [0.25, 0.3) is 11.0 Å². The molecule has 0 bridgehead atoms. The summed E-state index contributed by atoms with van der Waals surface area (Å²) in [5, 5.41) is 0.425. The molecule has 1 atom stereocenters. The third kappa shape index (κ3) is 5.37. The van der Waals surface area contributed by atoms with E-state index < -0.39 is 6.04 Å². The van der Waals surface area contributed by atoms with Crippen molar-refractivity contribution in [3.05, 3.63) is 140 Å². The molecule has 7 heteroatoms. The van der Waals surface area contributed by atoms with Crippen LogP contribution >= 0.6 is 15.9 Å². The van der Waals surface area contributed by atoms with Gasteiger partial charge in [0.2, 0.25) is 5.76 Å². The van der Waals surface area contributed by atoms with E-state index >= 15 is 0 Å². The first-order chi connectivity index (χ1) is 20.0. The zero-order valence-electron chi connectivity index (χ0n) is 22.5. The van der Waals surface area contributed by atoms with Gasteiger partial charge in [-0.25, -0.2) is 0 Å². The predicted molar refractivity (Wildman–Crippen MR) is 162 cm³/mol. The van der Waals surface area contributed by atoms with Crippen molar-refractivity contribution in [2.75, 3.05) is 13.2 Å². The van der Waals surface area contributed by atoms with Gasteiger partial charge in [-0.2, -0.15) is 0 Å². The summed E-state index contributed by atoms with van der Waals surface area (Å²) in [7, 11) is 0. The van der Waals surface area contributed by atoms with Crippen LogP contribution < -0.4 is 14.9 Å². The molecule has 4 aromatic carbocycles. The molecule has 1 aromatic heterocycles. The number of rotatable bonds is 9. The Morgan fingerprint density at radius 3 is 2.29 bits per heavy atom. The molecular formula is C34H28BrNO5. The van der Waals surface area contributed by atoms with E-state index in [1.54, 1.807) is 23.1 Å². The summed E-state index contributed by atoms with van der Waals surface area (Å²) in [5.41, 5.74) is 3.40. The summed E-state index contributed by atoms with van der Waals surface area (Å²) < 4.78 is 19.0. The number of hydrogen-bond donors (Lipinski definition) is 0. The maximum absolute atomic E-state index is 13.9. The van der Waals surface area contributed by atoms with Gasteiger partial charge in [-0.05, 0) is 60.4 Å². The zero-order valence-corrected chi connectivity index (χ0v) is 24.1. The van der Waals surface area contributed by atoms with Crippen molar-refractivity contribution in [2.24, 2.45) is 0 Å². The summed E-state index contributed by atoms with van der Waals surface area (Å²) in [4.78, 5) is 29.5. The number of amides is 1. The Labute approximate surface area is 246 Å². The van der Waals surface area contributed by atoms with Crippen molar-refractivity contribution in [3.8, 4) is 11.5 Å². The van der Waals surface area contributed by atoms with Crippen LogP contribution in [-0.4, -0.2) is 24.0 Å². The molecule has 1 amide bonds. The van der Waals surface area contributed by atoms with E-state index in [1.165, 1.54) is 0 Å². The quantitative estimate of drug-likeness (QED) is 0.175. The summed E-state index contributed by atoms with van der Waals surface area (Å²) in [6, 6.07) is 30.1. The number of carbonyl (C=O) groups excluding carboxylic acids is 1. The molecule has 206 valence electrons. The lowest BCUT2D eigenvalue weighted by atomic mass is 9.97. The average Bonchev–Trinajstić information content (AvgIpc) is 3.28. The van der Waals surface area contributed by atoms with Crippen LogP contribution in [0.3, 0.4) is 0 Å². The molecule has 5 aromatic rings. The van der Waals surface area contributed by atoms with Crippen LogP contribution in [0.2, 0.25) is 0 Å². The van der Waals surface area contributed by atoms with Gasteiger partial charge < -0.3 is 18.8 Å². The standard InChI is InChI=1S/C34H28BrNO5/c1-2-39-29-19-24(13-15-28(29)40-21-23-11-7-4-8-12-23)31-30-32(37)26-20-25(35)14-16-27(26)41-33(30)34(38)36(31)18-17-22-9-5-3-6-10-22/h3-16,19-20,31H,2,17-18,21H2,1H3. The number of carbonyl (C=O) groups is 1. The highest BCUT2D eigenvalue weighted by atomic mass is 79.9. The van der Waals surface area contributed by atoms with Gasteiger partial charge in [-0.1, -0.05) is 82.7 Å². The highest BCUT2D eigenvalue weighted by Crippen LogP contribution is 2.41. The topological polar surface area (TPSA) is 69.0 Å². The molecule has 1 aliphatic rings. The second-order valence-electron chi connectivity index (χ2n) is 9.86. The Bertz CT molecular complexity index is 1770. The highest BCUT2D eigenvalue weighted by molar-refractivity contribution is 9.10. The molecule has 0 spiro atoms. The Kier molecular flexibility index (Phi) is 7.61. The molecule has 0 saturated carbocycles. The lowest BCUT2D eigenvalue weighted by Gasteiger charge is -2.26. The SMILES string of the molecule is CCOc1cc(C2c3c(oc4ccc(Br)cc4c3=O)C(=O)N2CCc2ccccc2)ccc1OCc1ccccc1.